The molecule has 0 radical (unpaired) electrons. The Hall–Kier alpha value is -3.95. The zero-order valence-electron chi connectivity index (χ0n) is 15.2. The van der Waals surface area contributed by atoms with Gasteiger partial charge in [-0.15, -0.1) is 0 Å². The summed E-state index contributed by atoms with van der Waals surface area (Å²) in [6, 6.07) is 8.57. The Labute approximate surface area is 159 Å². The number of nitrogens with one attached hydrogen (secondary N) is 2. The molecule has 0 bridgehead atoms. The number of nitrogens with zero attached hydrogens (tertiary/aromatic N) is 4. The summed E-state index contributed by atoms with van der Waals surface area (Å²) in [6.45, 7) is 1.44. The van der Waals surface area contributed by atoms with Gasteiger partial charge in [0.2, 0.25) is 0 Å². The molecule has 1 atom stereocenters. The maximum atomic E-state index is 12.4. The summed E-state index contributed by atoms with van der Waals surface area (Å²) in [5.41, 5.74) is 1.44. The zero-order chi connectivity index (χ0) is 20.3. The van der Waals surface area contributed by atoms with Crippen molar-refractivity contribution in [2.45, 2.75) is 13.0 Å². The van der Waals surface area contributed by atoms with Gasteiger partial charge in [-0.05, 0) is 43.3 Å². The quantitative estimate of drug-likeness (QED) is 0.595. The molecule has 3 aromatic rings. The maximum Gasteiger partial charge on any atom is 0.328 e. The van der Waals surface area contributed by atoms with Gasteiger partial charge < -0.3 is 15.7 Å². The molecule has 0 fully saturated rings. The smallest absolute Gasteiger partial charge is 0.328 e. The fourth-order valence-corrected chi connectivity index (χ4v) is 2.47. The predicted octanol–water partition coefficient (Wildman–Crippen LogP) is 1.77. The topological polar surface area (TPSA) is 131 Å². The second-order valence-electron chi connectivity index (χ2n) is 6.04. The lowest BCUT2D eigenvalue weighted by Crippen LogP contribution is -2.24. The number of hydrogen-bond acceptors (Lipinski definition) is 5. The van der Waals surface area contributed by atoms with E-state index in [4.69, 9.17) is 5.11 Å². The second kappa shape index (κ2) is 7.74. The van der Waals surface area contributed by atoms with Crippen molar-refractivity contribution in [3.63, 3.8) is 0 Å². The summed E-state index contributed by atoms with van der Waals surface area (Å²) in [5.74, 6) is -1.93. The molecule has 0 saturated carbocycles. The van der Waals surface area contributed by atoms with E-state index < -0.39 is 17.9 Å². The number of amides is 2. The van der Waals surface area contributed by atoms with Crippen LogP contribution in [0, 0.1) is 0 Å². The fourth-order valence-electron chi connectivity index (χ4n) is 2.47. The first-order chi connectivity index (χ1) is 13.3. The van der Waals surface area contributed by atoms with Crippen molar-refractivity contribution >= 4 is 29.2 Å². The second-order valence-corrected chi connectivity index (χ2v) is 6.04. The number of carboxylic acid groups (broad SMARTS) is 1. The van der Waals surface area contributed by atoms with Gasteiger partial charge >= 0.3 is 5.97 Å². The highest BCUT2D eigenvalue weighted by atomic mass is 16.4. The Bertz CT molecular complexity index is 1020. The number of carbonyl (C=O) groups is 3. The van der Waals surface area contributed by atoms with Crippen molar-refractivity contribution in [2.75, 3.05) is 10.6 Å². The van der Waals surface area contributed by atoms with E-state index in [1.807, 2.05) is 0 Å². The van der Waals surface area contributed by atoms with Crippen LogP contribution in [0.25, 0.3) is 0 Å². The molecule has 144 valence electrons. The summed E-state index contributed by atoms with van der Waals surface area (Å²) in [5, 5.41) is 22.4. The van der Waals surface area contributed by atoms with Crippen molar-refractivity contribution < 1.29 is 19.5 Å². The molecule has 1 unspecified atom stereocenters. The average Bonchev–Trinajstić information content (AvgIpc) is 3.31. The number of carbonyl (C=O) groups excluding carboxylic acids is 2. The summed E-state index contributed by atoms with van der Waals surface area (Å²) in [4.78, 5) is 35.6. The van der Waals surface area contributed by atoms with Gasteiger partial charge in [0.25, 0.3) is 11.8 Å². The molecule has 10 nitrogen and oxygen atoms in total. The van der Waals surface area contributed by atoms with E-state index in [1.54, 1.807) is 43.6 Å². The Morgan fingerprint density at radius 2 is 1.61 bits per heavy atom. The number of aliphatic carboxylic acids is 1. The van der Waals surface area contributed by atoms with Crippen LogP contribution >= 0.6 is 0 Å². The molecule has 0 aliphatic carbocycles. The molecular weight excluding hydrogens is 364 g/mol. The third-order valence-corrected chi connectivity index (χ3v) is 3.97. The van der Waals surface area contributed by atoms with Crippen molar-refractivity contribution in [2.24, 2.45) is 7.05 Å². The van der Waals surface area contributed by atoms with Crippen molar-refractivity contribution in [3.8, 4) is 0 Å². The van der Waals surface area contributed by atoms with E-state index in [0.29, 0.717) is 17.1 Å². The lowest BCUT2D eigenvalue weighted by Gasteiger charge is -2.12. The van der Waals surface area contributed by atoms with Crippen molar-refractivity contribution in [1.82, 2.24) is 19.6 Å². The molecule has 3 N–H and O–H groups in total. The van der Waals surface area contributed by atoms with E-state index in [1.165, 1.54) is 23.9 Å². The van der Waals surface area contributed by atoms with Gasteiger partial charge in [-0.3, -0.25) is 14.3 Å². The zero-order valence-corrected chi connectivity index (χ0v) is 15.2. The van der Waals surface area contributed by atoms with Crippen molar-refractivity contribution in [3.05, 3.63) is 60.2 Å². The fraction of sp³-hybridized carbons (Fsp3) is 0.167. The first kappa shape index (κ1) is 18.8. The largest absolute Gasteiger partial charge is 0.480 e. The van der Waals surface area contributed by atoms with Gasteiger partial charge in [-0.2, -0.15) is 10.2 Å². The highest BCUT2D eigenvalue weighted by Gasteiger charge is 2.21. The van der Waals surface area contributed by atoms with Gasteiger partial charge in [0, 0.05) is 30.8 Å². The van der Waals surface area contributed by atoms with Gasteiger partial charge in [0.05, 0.1) is 0 Å². The van der Waals surface area contributed by atoms with E-state index in [9.17, 15) is 14.4 Å². The normalized spacial score (nSPS) is 11.6. The molecule has 0 aliphatic heterocycles. The third-order valence-electron chi connectivity index (χ3n) is 3.97. The van der Waals surface area contributed by atoms with Crippen LogP contribution in [0.15, 0.2) is 48.8 Å². The van der Waals surface area contributed by atoms with Crippen LogP contribution < -0.4 is 10.6 Å². The number of carboxylic acids is 1. The monoisotopic (exact) mass is 382 g/mol. The molecular formula is C18H18N6O4. The van der Waals surface area contributed by atoms with E-state index in [2.05, 4.69) is 20.8 Å². The number of aromatic nitrogens is 4. The number of hydrogen-bond donors (Lipinski definition) is 3. The van der Waals surface area contributed by atoms with Crippen LogP contribution in [0.2, 0.25) is 0 Å². The number of aryl methyl sites for hydroxylation is 1. The lowest BCUT2D eigenvalue weighted by molar-refractivity contribution is -0.140. The van der Waals surface area contributed by atoms with Crippen LogP contribution in [-0.4, -0.2) is 42.5 Å². The standard InChI is InChI=1S/C18H18N6O4/c1-11(18(27)28)24-15(7-9-19-24)17(26)21-13-5-3-12(4-6-13)20-16(25)14-8-10-23(2)22-14/h3-11H,1-2H3,(H,20,25)(H,21,26)(H,27,28). The van der Waals surface area contributed by atoms with Crippen LogP contribution in [-0.2, 0) is 11.8 Å². The maximum absolute atomic E-state index is 12.4. The first-order valence-corrected chi connectivity index (χ1v) is 8.34. The third kappa shape index (κ3) is 4.06. The Balaban J connectivity index is 1.66. The molecule has 10 heteroatoms. The summed E-state index contributed by atoms with van der Waals surface area (Å²) >= 11 is 0. The average molecular weight is 382 g/mol. The molecule has 28 heavy (non-hydrogen) atoms. The van der Waals surface area contributed by atoms with Crippen LogP contribution in [0.5, 0.6) is 0 Å². The van der Waals surface area contributed by atoms with Crippen molar-refractivity contribution in [1.29, 1.82) is 0 Å². The minimum Gasteiger partial charge on any atom is -0.480 e. The highest BCUT2D eigenvalue weighted by Crippen LogP contribution is 2.16. The number of rotatable bonds is 6. The summed E-state index contributed by atoms with van der Waals surface area (Å²) in [6.07, 6.45) is 3.04. The molecule has 3 rings (SSSR count). The first-order valence-electron chi connectivity index (χ1n) is 8.34. The minimum absolute atomic E-state index is 0.127. The van der Waals surface area contributed by atoms with E-state index in [0.717, 1.165) is 4.68 Å². The summed E-state index contributed by atoms with van der Waals surface area (Å²) < 4.78 is 2.67. The van der Waals surface area contributed by atoms with E-state index >= 15 is 0 Å². The van der Waals surface area contributed by atoms with Gasteiger partial charge in [-0.25, -0.2) is 9.48 Å². The van der Waals surface area contributed by atoms with Crippen LogP contribution in [0.3, 0.4) is 0 Å². The molecule has 1 aromatic carbocycles. The van der Waals surface area contributed by atoms with Gasteiger partial charge in [-0.1, -0.05) is 0 Å². The van der Waals surface area contributed by atoms with Crippen LogP contribution in [0.1, 0.15) is 33.9 Å². The molecule has 2 amide bonds. The Kier molecular flexibility index (Phi) is 5.21. The van der Waals surface area contributed by atoms with Crippen LogP contribution in [0.4, 0.5) is 11.4 Å². The number of benzene rings is 1. The molecule has 0 saturated heterocycles. The van der Waals surface area contributed by atoms with E-state index in [-0.39, 0.29) is 11.6 Å². The summed E-state index contributed by atoms with van der Waals surface area (Å²) in [7, 11) is 1.72. The van der Waals surface area contributed by atoms with Gasteiger partial charge in [0.1, 0.15) is 11.7 Å². The Morgan fingerprint density at radius 1 is 1.00 bits per heavy atom. The lowest BCUT2D eigenvalue weighted by atomic mass is 10.2. The SMILES string of the molecule is CC(C(=O)O)n1nccc1C(=O)Nc1ccc(NC(=O)c2ccn(C)n2)cc1. The number of anilines is 2. The van der Waals surface area contributed by atoms with Gasteiger partial charge in [0.15, 0.2) is 5.69 Å². The molecule has 2 heterocycles. The Morgan fingerprint density at radius 3 is 2.14 bits per heavy atom. The minimum atomic E-state index is -1.09. The predicted molar refractivity (Wildman–Crippen MR) is 100 cm³/mol. The highest BCUT2D eigenvalue weighted by molar-refractivity contribution is 6.04. The molecule has 0 aliphatic rings. The molecule has 0 spiro atoms. The molecule has 2 aromatic heterocycles.